The number of rotatable bonds is 6. The quantitative estimate of drug-likeness (QED) is 0.592. The van der Waals surface area contributed by atoms with Gasteiger partial charge in [0.15, 0.2) is 0 Å². The van der Waals surface area contributed by atoms with Crippen LogP contribution in [0.5, 0.6) is 5.75 Å². The highest BCUT2D eigenvalue weighted by Crippen LogP contribution is 2.34. The van der Waals surface area contributed by atoms with Crippen molar-refractivity contribution in [2.45, 2.75) is 13.3 Å². The summed E-state index contributed by atoms with van der Waals surface area (Å²) in [7, 11) is 0. The highest BCUT2D eigenvalue weighted by Gasteiger charge is 2.36. The van der Waals surface area contributed by atoms with Gasteiger partial charge < -0.3 is 9.84 Å². The fourth-order valence-corrected chi connectivity index (χ4v) is 3.60. The summed E-state index contributed by atoms with van der Waals surface area (Å²) in [5, 5.41) is 9.62. The minimum atomic E-state index is -0.640. The van der Waals surface area contributed by atoms with Gasteiger partial charge in [0.05, 0.1) is 11.5 Å². The van der Waals surface area contributed by atoms with Crippen molar-refractivity contribution in [2.75, 3.05) is 13.2 Å². The molecule has 7 heteroatoms. The van der Waals surface area contributed by atoms with Gasteiger partial charge >= 0.3 is 5.97 Å². The molecule has 1 N–H and O–H groups in total. The number of ether oxygens (including phenoxy) is 1. The maximum atomic E-state index is 12.5. The van der Waals surface area contributed by atoms with Gasteiger partial charge in [-0.3, -0.25) is 19.3 Å². The van der Waals surface area contributed by atoms with Gasteiger partial charge in [-0.25, -0.2) is 0 Å². The van der Waals surface area contributed by atoms with Crippen molar-refractivity contribution in [3.8, 4) is 5.75 Å². The SMILES string of the molecule is CCOC(=O)CN1C(=O)S/C(=C\c2cc(Cc3ccccc3)ccc2O)C1=O. The molecule has 1 fully saturated rings. The van der Waals surface area contributed by atoms with Gasteiger partial charge in [-0.1, -0.05) is 36.4 Å². The first-order valence-corrected chi connectivity index (χ1v) is 9.56. The lowest BCUT2D eigenvalue weighted by Crippen LogP contribution is -2.34. The molecule has 1 saturated heterocycles. The zero-order valence-corrected chi connectivity index (χ0v) is 16.1. The van der Waals surface area contributed by atoms with Crippen LogP contribution in [0.2, 0.25) is 0 Å². The Bertz CT molecular complexity index is 939. The van der Waals surface area contributed by atoms with E-state index in [1.165, 1.54) is 6.08 Å². The van der Waals surface area contributed by atoms with E-state index in [0.717, 1.165) is 27.8 Å². The number of phenolic OH excluding ortho intramolecular Hbond substituents is 1. The summed E-state index contributed by atoms with van der Waals surface area (Å²) >= 11 is 0.735. The number of benzene rings is 2. The average molecular weight is 397 g/mol. The average Bonchev–Trinajstić information content (AvgIpc) is 2.93. The molecule has 0 aliphatic carbocycles. The van der Waals surface area contributed by atoms with Crippen LogP contribution in [-0.4, -0.2) is 40.3 Å². The molecule has 0 aromatic heterocycles. The van der Waals surface area contributed by atoms with E-state index >= 15 is 0 Å². The summed E-state index contributed by atoms with van der Waals surface area (Å²) < 4.78 is 4.79. The molecule has 2 aromatic rings. The number of carbonyl (C=O) groups excluding carboxylic acids is 3. The van der Waals surface area contributed by atoms with Gasteiger partial charge in [-0.2, -0.15) is 0 Å². The van der Waals surface area contributed by atoms with Crippen LogP contribution in [0.3, 0.4) is 0 Å². The van der Waals surface area contributed by atoms with Crippen LogP contribution in [0.1, 0.15) is 23.6 Å². The summed E-state index contributed by atoms with van der Waals surface area (Å²) in [6.45, 7) is 1.40. The maximum Gasteiger partial charge on any atom is 0.326 e. The lowest BCUT2D eigenvalue weighted by Gasteiger charge is -2.10. The molecule has 0 atom stereocenters. The molecule has 3 rings (SSSR count). The number of phenols is 1. The minimum absolute atomic E-state index is 0.00834. The number of amides is 2. The summed E-state index contributed by atoms with van der Waals surface area (Å²) in [4.78, 5) is 37.1. The predicted molar refractivity (Wildman–Crippen MR) is 107 cm³/mol. The molecule has 0 radical (unpaired) electrons. The third-order valence-corrected chi connectivity index (χ3v) is 5.00. The van der Waals surface area contributed by atoms with E-state index in [1.807, 2.05) is 36.4 Å². The van der Waals surface area contributed by atoms with Crippen LogP contribution in [0, 0.1) is 0 Å². The molecular formula is C21H19NO5S. The van der Waals surface area contributed by atoms with E-state index in [-0.39, 0.29) is 17.3 Å². The Morgan fingerprint density at radius 2 is 1.89 bits per heavy atom. The Morgan fingerprint density at radius 3 is 2.61 bits per heavy atom. The molecular weight excluding hydrogens is 378 g/mol. The van der Waals surface area contributed by atoms with Gasteiger partial charge in [-0.05, 0) is 54.4 Å². The van der Waals surface area contributed by atoms with Crippen molar-refractivity contribution >= 4 is 35.0 Å². The van der Waals surface area contributed by atoms with Crippen molar-refractivity contribution in [3.05, 3.63) is 70.1 Å². The van der Waals surface area contributed by atoms with E-state index in [2.05, 4.69) is 0 Å². The second-order valence-electron chi connectivity index (χ2n) is 6.13. The van der Waals surface area contributed by atoms with Crippen LogP contribution in [0.4, 0.5) is 4.79 Å². The highest BCUT2D eigenvalue weighted by molar-refractivity contribution is 8.18. The topological polar surface area (TPSA) is 83.9 Å². The van der Waals surface area contributed by atoms with E-state index < -0.39 is 23.7 Å². The number of carbonyl (C=O) groups is 3. The van der Waals surface area contributed by atoms with Crippen LogP contribution in [-0.2, 0) is 20.7 Å². The van der Waals surface area contributed by atoms with Gasteiger partial charge in [-0.15, -0.1) is 0 Å². The van der Waals surface area contributed by atoms with Gasteiger partial charge in [0.25, 0.3) is 11.1 Å². The molecule has 6 nitrogen and oxygen atoms in total. The van der Waals surface area contributed by atoms with Crippen LogP contribution in [0.25, 0.3) is 6.08 Å². The highest BCUT2D eigenvalue weighted by atomic mass is 32.2. The van der Waals surface area contributed by atoms with E-state index in [9.17, 15) is 19.5 Å². The fraction of sp³-hybridized carbons (Fsp3) is 0.190. The molecule has 2 aromatic carbocycles. The zero-order valence-electron chi connectivity index (χ0n) is 15.3. The summed E-state index contributed by atoms with van der Waals surface area (Å²) in [6.07, 6.45) is 2.15. The first kappa shape index (κ1) is 19.7. The third-order valence-electron chi connectivity index (χ3n) is 4.10. The Kier molecular flexibility index (Phi) is 6.16. The molecule has 144 valence electrons. The van der Waals surface area contributed by atoms with Crippen molar-refractivity contribution < 1.29 is 24.2 Å². The second-order valence-corrected chi connectivity index (χ2v) is 7.12. The van der Waals surface area contributed by atoms with Crippen molar-refractivity contribution in [2.24, 2.45) is 0 Å². The first-order chi connectivity index (χ1) is 13.5. The Labute approximate surface area is 166 Å². The van der Waals surface area contributed by atoms with Crippen molar-refractivity contribution in [1.29, 1.82) is 0 Å². The summed E-state index contributed by atoms with van der Waals surface area (Å²) in [6, 6.07) is 15.0. The number of hydrogen-bond donors (Lipinski definition) is 1. The number of hydrogen-bond acceptors (Lipinski definition) is 6. The Morgan fingerprint density at radius 1 is 1.14 bits per heavy atom. The van der Waals surface area contributed by atoms with E-state index in [1.54, 1.807) is 19.1 Å². The number of nitrogens with zero attached hydrogens (tertiary/aromatic N) is 1. The monoisotopic (exact) mass is 397 g/mol. The number of esters is 1. The molecule has 1 aliphatic rings. The molecule has 1 aliphatic heterocycles. The van der Waals surface area contributed by atoms with Crippen molar-refractivity contribution in [1.82, 2.24) is 4.90 Å². The minimum Gasteiger partial charge on any atom is -0.507 e. The zero-order chi connectivity index (χ0) is 20.1. The van der Waals surface area contributed by atoms with Gasteiger partial charge in [0.2, 0.25) is 0 Å². The molecule has 0 spiro atoms. The maximum absolute atomic E-state index is 12.5. The third kappa shape index (κ3) is 4.61. The number of aromatic hydroxyl groups is 1. The number of imide groups is 1. The number of thioether (sulfide) groups is 1. The summed E-state index contributed by atoms with van der Waals surface area (Å²) in [5.74, 6) is -1.20. The smallest absolute Gasteiger partial charge is 0.326 e. The van der Waals surface area contributed by atoms with Crippen molar-refractivity contribution in [3.63, 3.8) is 0 Å². The first-order valence-electron chi connectivity index (χ1n) is 8.74. The lowest BCUT2D eigenvalue weighted by molar-refractivity contribution is -0.145. The Balaban J connectivity index is 1.81. The largest absolute Gasteiger partial charge is 0.507 e. The molecule has 0 saturated carbocycles. The van der Waals surface area contributed by atoms with Crippen LogP contribution >= 0.6 is 11.8 Å². The van der Waals surface area contributed by atoms with Crippen LogP contribution < -0.4 is 0 Å². The lowest BCUT2D eigenvalue weighted by atomic mass is 10.0. The summed E-state index contributed by atoms with van der Waals surface area (Å²) in [5.41, 5.74) is 2.52. The van der Waals surface area contributed by atoms with E-state index in [4.69, 9.17) is 4.74 Å². The van der Waals surface area contributed by atoms with Gasteiger partial charge in [0.1, 0.15) is 12.3 Å². The fourth-order valence-electron chi connectivity index (χ4n) is 2.77. The molecule has 0 bridgehead atoms. The standard InChI is InChI=1S/C21H19NO5S/c1-2-27-19(24)13-22-20(25)18(28-21(22)26)12-16-11-15(8-9-17(16)23)10-14-6-4-3-5-7-14/h3-9,11-12,23H,2,10,13H2,1H3/b18-12-. The predicted octanol–water partition coefficient (Wildman–Crippen LogP) is 3.58. The molecule has 1 heterocycles. The second kappa shape index (κ2) is 8.75. The van der Waals surface area contributed by atoms with Crippen LogP contribution in [0.15, 0.2) is 53.4 Å². The Hall–Kier alpha value is -3.06. The molecule has 2 amide bonds. The normalized spacial score (nSPS) is 15.3. The van der Waals surface area contributed by atoms with E-state index in [0.29, 0.717) is 12.0 Å². The van der Waals surface area contributed by atoms with Gasteiger partial charge in [0, 0.05) is 5.56 Å². The molecule has 0 unspecified atom stereocenters. The molecule has 28 heavy (non-hydrogen) atoms.